The molecule has 1 aromatic carbocycles. The van der Waals surface area contributed by atoms with Crippen LogP contribution in [0.25, 0.3) is 0 Å². The lowest BCUT2D eigenvalue weighted by molar-refractivity contribution is -0.125. The lowest BCUT2D eigenvalue weighted by Crippen LogP contribution is -2.27. The molecule has 1 aromatic heterocycles. The highest BCUT2D eigenvalue weighted by atomic mass is 35.5. The third-order valence-electron chi connectivity index (χ3n) is 3.82. The van der Waals surface area contributed by atoms with Crippen LogP contribution in [0, 0.1) is 17.7 Å². The summed E-state index contributed by atoms with van der Waals surface area (Å²) >= 11 is 5.67. The number of hydrogen-bond acceptors (Lipinski definition) is 3. The number of carbonyl (C=O) groups excluding carboxylic acids is 2. The zero-order valence-corrected chi connectivity index (χ0v) is 13.4. The minimum absolute atomic E-state index is 0.0618. The minimum atomic E-state index is -0.548. The summed E-state index contributed by atoms with van der Waals surface area (Å²) in [5.74, 6) is -1.70. The topological polar surface area (TPSA) is 71.1 Å². The van der Waals surface area contributed by atoms with Gasteiger partial charge in [0.1, 0.15) is 5.82 Å². The van der Waals surface area contributed by atoms with Crippen LogP contribution in [0.3, 0.4) is 0 Å². The molecule has 1 aliphatic carbocycles. The van der Waals surface area contributed by atoms with Gasteiger partial charge in [0.05, 0.1) is 29.1 Å². The fraction of sp³-hybridized carbons (Fsp3) is 0.235. The van der Waals surface area contributed by atoms with Gasteiger partial charge < -0.3 is 10.6 Å². The summed E-state index contributed by atoms with van der Waals surface area (Å²) in [6, 6.07) is 9.41. The molecule has 0 aliphatic heterocycles. The number of halogens is 2. The second-order valence-electron chi connectivity index (χ2n) is 5.61. The van der Waals surface area contributed by atoms with Crippen LogP contribution < -0.4 is 10.6 Å². The Hall–Kier alpha value is -2.47. The van der Waals surface area contributed by atoms with Crippen molar-refractivity contribution in [3.05, 3.63) is 59.1 Å². The summed E-state index contributed by atoms with van der Waals surface area (Å²) in [6.45, 7) is 0.331. The number of aromatic nitrogens is 1. The van der Waals surface area contributed by atoms with E-state index in [-0.39, 0.29) is 28.7 Å². The highest BCUT2D eigenvalue weighted by Gasteiger charge is 2.47. The molecule has 2 N–H and O–H groups in total. The van der Waals surface area contributed by atoms with E-state index in [4.69, 9.17) is 11.6 Å². The number of hydrogen-bond donors (Lipinski definition) is 2. The molecule has 0 spiro atoms. The van der Waals surface area contributed by atoms with Crippen molar-refractivity contribution in [2.45, 2.75) is 13.0 Å². The predicted octanol–water partition coefficient (Wildman–Crippen LogP) is 2.77. The summed E-state index contributed by atoms with van der Waals surface area (Å²) in [5, 5.41) is 5.36. The SMILES string of the molecule is O=C(NCc1ccccn1)C1CC1C(=O)Nc1ccc(F)c(Cl)c1. The van der Waals surface area contributed by atoms with Gasteiger partial charge in [0.15, 0.2) is 0 Å². The van der Waals surface area contributed by atoms with Gasteiger partial charge in [-0.1, -0.05) is 17.7 Å². The Bertz CT molecular complexity index is 770. The van der Waals surface area contributed by atoms with Crippen molar-refractivity contribution >= 4 is 29.1 Å². The maximum Gasteiger partial charge on any atom is 0.228 e. The molecule has 1 fully saturated rings. The van der Waals surface area contributed by atoms with E-state index in [2.05, 4.69) is 15.6 Å². The van der Waals surface area contributed by atoms with Gasteiger partial charge in [-0.25, -0.2) is 4.39 Å². The Morgan fingerprint density at radius 1 is 1.21 bits per heavy atom. The molecule has 24 heavy (non-hydrogen) atoms. The van der Waals surface area contributed by atoms with Gasteiger partial charge >= 0.3 is 0 Å². The quantitative estimate of drug-likeness (QED) is 0.873. The Kier molecular flexibility index (Phi) is 4.76. The number of nitrogens with zero attached hydrogens (tertiary/aromatic N) is 1. The van der Waals surface area contributed by atoms with Gasteiger partial charge in [-0.15, -0.1) is 0 Å². The first-order valence-electron chi connectivity index (χ1n) is 7.48. The van der Waals surface area contributed by atoms with E-state index in [9.17, 15) is 14.0 Å². The number of rotatable bonds is 5. The highest BCUT2D eigenvalue weighted by Crippen LogP contribution is 2.39. The molecule has 5 nitrogen and oxygen atoms in total. The van der Waals surface area contributed by atoms with Crippen LogP contribution in [-0.4, -0.2) is 16.8 Å². The van der Waals surface area contributed by atoms with E-state index in [0.717, 1.165) is 5.69 Å². The second-order valence-corrected chi connectivity index (χ2v) is 6.01. The first-order chi connectivity index (χ1) is 11.5. The van der Waals surface area contributed by atoms with Gasteiger partial charge in [-0.05, 0) is 36.8 Å². The van der Waals surface area contributed by atoms with Gasteiger partial charge in [-0.3, -0.25) is 14.6 Å². The predicted molar refractivity (Wildman–Crippen MR) is 87.7 cm³/mol. The number of nitrogens with one attached hydrogen (secondary N) is 2. The summed E-state index contributed by atoms with van der Waals surface area (Å²) in [6.07, 6.45) is 2.15. The van der Waals surface area contributed by atoms with E-state index >= 15 is 0 Å². The zero-order valence-electron chi connectivity index (χ0n) is 12.6. The largest absolute Gasteiger partial charge is 0.350 e. The molecule has 3 rings (SSSR count). The molecular formula is C17H15ClFN3O2. The maximum atomic E-state index is 13.1. The number of carbonyl (C=O) groups is 2. The molecule has 1 aliphatic rings. The monoisotopic (exact) mass is 347 g/mol. The van der Waals surface area contributed by atoms with Crippen LogP contribution in [0.2, 0.25) is 5.02 Å². The lowest BCUT2D eigenvalue weighted by atomic mass is 10.2. The molecule has 1 saturated carbocycles. The Balaban J connectivity index is 1.49. The molecule has 2 amide bonds. The molecule has 0 bridgehead atoms. The number of pyridine rings is 1. The van der Waals surface area contributed by atoms with Crippen molar-refractivity contribution < 1.29 is 14.0 Å². The molecule has 7 heteroatoms. The summed E-state index contributed by atoms with van der Waals surface area (Å²) in [5.41, 5.74) is 1.17. The molecule has 2 atom stereocenters. The zero-order chi connectivity index (χ0) is 17.1. The molecular weight excluding hydrogens is 333 g/mol. The third kappa shape index (κ3) is 3.89. The standard InChI is InChI=1S/C17H15ClFN3O2/c18-14-7-10(4-5-15(14)19)22-17(24)13-8-12(13)16(23)21-9-11-3-1-2-6-20-11/h1-7,12-13H,8-9H2,(H,21,23)(H,22,24). The van der Waals surface area contributed by atoms with Crippen molar-refractivity contribution in [3.8, 4) is 0 Å². The summed E-state index contributed by atoms with van der Waals surface area (Å²) in [7, 11) is 0. The Morgan fingerprint density at radius 3 is 2.71 bits per heavy atom. The average molecular weight is 348 g/mol. The van der Waals surface area contributed by atoms with Crippen molar-refractivity contribution in [3.63, 3.8) is 0 Å². The van der Waals surface area contributed by atoms with Crippen LogP contribution in [0.4, 0.5) is 10.1 Å². The minimum Gasteiger partial charge on any atom is -0.350 e. The third-order valence-corrected chi connectivity index (χ3v) is 4.11. The molecule has 124 valence electrons. The van der Waals surface area contributed by atoms with Gasteiger partial charge in [0, 0.05) is 11.9 Å². The maximum absolute atomic E-state index is 13.1. The Morgan fingerprint density at radius 2 is 2.00 bits per heavy atom. The number of anilines is 1. The van der Waals surface area contributed by atoms with Crippen LogP contribution in [0.1, 0.15) is 12.1 Å². The van der Waals surface area contributed by atoms with E-state index in [1.807, 2.05) is 12.1 Å². The fourth-order valence-corrected chi connectivity index (χ4v) is 2.58. The van der Waals surface area contributed by atoms with Crippen LogP contribution in [0.15, 0.2) is 42.6 Å². The van der Waals surface area contributed by atoms with E-state index in [0.29, 0.717) is 18.7 Å². The van der Waals surface area contributed by atoms with Gasteiger partial charge in [0.25, 0.3) is 0 Å². The van der Waals surface area contributed by atoms with Crippen molar-refractivity contribution in [2.75, 3.05) is 5.32 Å². The normalized spacial score (nSPS) is 18.8. The number of benzene rings is 1. The summed E-state index contributed by atoms with van der Waals surface area (Å²) < 4.78 is 13.1. The van der Waals surface area contributed by atoms with Crippen LogP contribution >= 0.6 is 11.6 Å². The van der Waals surface area contributed by atoms with Crippen molar-refractivity contribution in [1.29, 1.82) is 0 Å². The molecule has 1 heterocycles. The smallest absolute Gasteiger partial charge is 0.228 e. The number of amides is 2. The highest BCUT2D eigenvalue weighted by molar-refractivity contribution is 6.31. The van der Waals surface area contributed by atoms with E-state index in [1.165, 1.54) is 18.2 Å². The molecule has 2 unspecified atom stereocenters. The second kappa shape index (κ2) is 6.97. The van der Waals surface area contributed by atoms with E-state index in [1.54, 1.807) is 12.3 Å². The van der Waals surface area contributed by atoms with E-state index < -0.39 is 5.82 Å². The van der Waals surface area contributed by atoms with Crippen molar-refractivity contribution in [2.24, 2.45) is 11.8 Å². The molecule has 0 saturated heterocycles. The van der Waals surface area contributed by atoms with Gasteiger partial charge in [0.2, 0.25) is 11.8 Å². The first-order valence-corrected chi connectivity index (χ1v) is 7.86. The molecule has 2 aromatic rings. The lowest BCUT2D eigenvalue weighted by Gasteiger charge is -2.06. The average Bonchev–Trinajstić information content (AvgIpc) is 3.38. The fourth-order valence-electron chi connectivity index (χ4n) is 2.39. The van der Waals surface area contributed by atoms with Crippen LogP contribution in [-0.2, 0) is 16.1 Å². The summed E-state index contributed by atoms with van der Waals surface area (Å²) in [4.78, 5) is 28.3. The van der Waals surface area contributed by atoms with Gasteiger partial charge in [-0.2, -0.15) is 0 Å². The molecule has 0 radical (unpaired) electrons. The van der Waals surface area contributed by atoms with Crippen molar-refractivity contribution in [1.82, 2.24) is 10.3 Å². The first kappa shape index (κ1) is 16.4. The Labute approximate surface area is 143 Å². The van der Waals surface area contributed by atoms with Crippen LogP contribution in [0.5, 0.6) is 0 Å².